The average molecular weight is 406 g/mol. The van der Waals surface area contributed by atoms with E-state index in [1.165, 1.54) is 18.2 Å². The van der Waals surface area contributed by atoms with Crippen molar-refractivity contribution in [3.05, 3.63) is 68.7 Å². The molecule has 2 aromatic carbocycles. The molecule has 2 aromatic rings. The summed E-state index contributed by atoms with van der Waals surface area (Å²) < 4.78 is 13.3. The van der Waals surface area contributed by atoms with Gasteiger partial charge in [-0.25, -0.2) is 4.39 Å². The molecule has 0 aromatic heterocycles. The Hall–Kier alpha value is -2.13. The number of hydrogen-bond donors (Lipinski definition) is 2. The van der Waals surface area contributed by atoms with Crippen LogP contribution in [0.4, 0.5) is 4.39 Å². The highest BCUT2D eigenvalue weighted by molar-refractivity contribution is 6.42. The minimum atomic E-state index is -0.805. The summed E-state index contributed by atoms with van der Waals surface area (Å²) in [6, 6.07) is 11.7. The Morgan fingerprint density at radius 2 is 2.07 bits per heavy atom. The third-order valence-electron chi connectivity index (χ3n) is 4.79. The highest BCUT2D eigenvalue weighted by Gasteiger charge is 2.29. The van der Waals surface area contributed by atoms with Gasteiger partial charge >= 0.3 is 0 Å². The molecular formula is C20H18Cl2FN3O. The lowest BCUT2D eigenvalue weighted by atomic mass is 9.86. The van der Waals surface area contributed by atoms with Crippen LogP contribution < -0.4 is 10.6 Å². The third kappa shape index (κ3) is 4.41. The summed E-state index contributed by atoms with van der Waals surface area (Å²) in [4.78, 5) is 12.8. The minimum absolute atomic E-state index is 0.0182. The average Bonchev–Trinajstić information content (AvgIpc) is 2.70. The molecule has 0 bridgehead atoms. The molecule has 0 aliphatic carbocycles. The van der Waals surface area contributed by atoms with E-state index in [4.69, 9.17) is 28.5 Å². The van der Waals surface area contributed by atoms with Crippen LogP contribution in [0.3, 0.4) is 0 Å². The zero-order valence-corrected chi connectivity index (χ0v) is 15.9. The van der Waals surface area contributed by atoms with Crippen LogP contribution in [-0.2, 0) is 6.67 Å². The Balaban J connectivity index is 1.83. The first-order valence-electron chi connectivity index (χ1n) is 8.59. The van der Waals surface area contributed by atoms with E-state index in [-0.39, 0.29) is 29.0 Å². The fourth-order valence-corrected chi connectivity index (χ4v) is 3.67. The molecule has 1 amide bonds. The van der Waals surface area contributed by atoms with E-state index in [0.717, 1.165) is 18.5 Å². The van der Waals surface area contributed by atoms with E-state index in [9.17, 15) is 9.18 Å². The van der Waals surface area contributed by atoms with Crippen molar-refractivity contribution in [2.45, 2.75) is 25.1 Å². The number of amides is 1. The minimum Gasteiger partial charge on any atom is -0.349 e. The van der Waals surface area contributed by atoms with Crippen LogP contribution >= 0.6 is 23.2 Å². The monoisotopic (exact) mass is 405 g/mol. The van der Waals surface area contributed by atoms with Gasteiger partial charge in [0.05, 0.1) is 21.7 Å². The van der Waals surface area contributed by atoms with Crippen molar-refractivity contribution in [2.24, 2.45) is 0 Å². The Kier molecular flexibility index (Phi) is 6.33. The Labute approximate surface area is 167 Å². The number of benzene rings is 2. The second-order valence-electron chi connectivity index (χ2n) is 6.47. The first kappa shape index (κ1) is 19.6. The van der Waals surface area contributed by atoms with Crippen molar-refractivity contribution in [1.82, 2.24) is 10.6 Å². The number of carbonyl (C=O) groups excluding carboxylic acids is 1. The molecule has 4 nitrogen and oxygen atoms in total. The fourth-order valence-electron chi connectivity index (χ4n) is 3.37. The fraction of sp³-hybridized carbons (Fsp3) is 0.300. The van der Waals surface area contributed by atoms with Crippen LogP contribution in [0.5, 0.6) is 0 Å². The number of halogens is 3. The Bertz CT molecular complexity index is 897. The van der Waals surface area contributed by atoms with Crippen molar-refractivity contribution in [3.63, 3.8) is 0 Å². The summed E-state index contributed by atoms with van der Waals surface area (Å²) in [7, 11) is 0. The van der Waals surface area contributed by atoms with Gasteiger partial charge in [-0.05, 0) is 54.4 Å². The summed E-state index contributed by atoms with van der Waals surface area (Å²) in [5.41, 5.74) is 1.77. The maximum Gasteiger partial charge on any atom is 0.251 e. The van der Waals surface area contributed by atoms with Gasteiger partial charge in [-0.15, -0.1) is 0 Å². The van der Waals surface area contributed by atoms with Crippen LogP contribution in [0.2, 0.25) is 10.0 Å². The van der Waals surface area contributed by atoms with E-state index in [1.54, 1.807) is 6.07 Å². The smallest absolute Gasteiger partial charge is 0.251 e. The van der Waals surface area contributed by atoms with Crippen molar-refractivity contribution in [2.75, 3.05) is 13.1 Å². The van der Waals surface area contributed by atoms with Gasteiger partial charge in [0.15, 0.2) is 0 Å². The molecule has 27 heavy (non-hydrogen) atoms. The van der Waals surface area contributed by atoms with Crippen molar-refractivity contribution in [3.8, 4) is 6.07 Å². The molecule has 1 heterocycles. The molecule has 1 fully saturated rings. The number of alkyl halides is 1. The van der Waals surface area contributed by atoms with Crippen molar-refractivity contribution in [1.29, 1.82) is 5.26 Å². The van der Waals surface area contributed by atoms with E-state index >= 15 is 0 Å². The van der Waals surface area contributed by atoms with Crippen molar-refractivity contribution >= 4 is 29.1 Å². The molecule has 0 radical (unpaired) electrons. The number of rotatable bonds is 4. The molecule has 0 spiro atoms. The third-order valence-corrected chi connectivity index (χ3v) is 5.53. The highest BCUT2D eigenvalue weighted by atomic mass is 35.5. The van der Waals surface area contributed by atoms with Crippen LogP contribution in [0.25, 0.3) is 0 Å². The molecule has 1 aliphatic rings. The summed E-state index contributed by atoms with van der Waals surface area (Å²) in [6.45, 7) is 0.652. The predicted octanol–water partition coefficient (Wildman–Crippen LogP) is 4.21. The standard InChI is InChI=1S/C20H18Cl2FN3O/c21-17-4-2-13(8-18(17)22)16-11-25-6-5-19(16)26-20(27)15-3-1-12(10-24)7-14(15)9-23/h1-4,7-8,16,19,25H,5-6,9,11H2,(H,26,27). The molecule has 7 heteroatoms. The van der Waals surface area contributed by atoms with Crippen LogP contribution in [-0.4, -0.2) is 25.0 Å². The SMILES string of the molecule is N#Cc1ccc(C(=O)NC2CCNCC2c2ccc(Cl)c(Cl)c2)c(CF)c1. The largest absolute Gasteiger partial charge is 0.349 e. The number of nitrogens with zero attached hydrogens (tertiary/aromatic N) is 1. The molecule has 1 saturated heterocycles. The predicted molar refractivity (Wildman–Crippen MR) is 104 cm³/mol. The molecule has 0 saturated carbocycles. The Morgan fingerprint density at radius 1 is 1.26 bits per heavy atom. The van der Waals surface area contributed by atoms with E-state index in [1.807, 2.05) is 18.2 Å². The number of nitrogens with one attached hydrogen (secondary N) is 2. The Morgan fingerprint density at radius 3 is 2.78 bits per heavy atom. The summed E-state index contributed by atoms with van der Waals surface area (Å²) in [5.74, 6) is -0.325. The van der Waals surface area contributed by atoms with Gasteiger partial charge in [0.1, 0.15) is 6.67 Å². The summed E-state index contributed by atoms with van der Waals surface area (Å²) >= 11 is 12.1. The lowest BCUT2D eigenvalue weighted by Gasteiger charge is -2.33. The van der Waals surface area contributed by atoms with E-state index in [2.05, 4.69) is 10.6 Å². The topological polar surface area (TPSA) is 64.9 Å². The van der Waals surface area contributed by atoms with Crippen molar-refractivity contribution < 1.29 is 9.18 Å². The first-order valence-corrected chi connectivity index (χ1v) is 9.34. The number of carbonyl (C=O) groups is 1. The van der Waals surface area contributed by atoms with Gasteiger partial charge in [-0.3, -0.25) is 4.79 Å². The maximum atomic E-state index is 13.3. The van der Waals surface area contributed by atoms with Gasteiger partial charge < -0.3 is 10.6 Å². The van der Waals surface area contributed by atoms with Crippen LogP contribution in [0.1, 0.15) is 39.4 Å². The molecule has 2 atom stereocenters. The normalized spacial score (nSPS) is 19.3. The zero-order chi connectivity index (χ0) is 19.4. The van der Waals surface area contributed by atoms with Gasteiger partial charge in [0.25, 0.3) is 5.91 Å². The van der Waals surface area contributed by atoms with E-state index < -0.39 is 6.67 Å². The number of nitriles is 1. The van der Waals surface area contributed by atoms with Crippen LogP contribution in [0, 0.1) is 11.3 Å². The second kappa shape index (κ2) is 8.71. The summed E-state index contributed by atoms with van der Waals surface area (Å²) in [5, 5.41) is 16.3. The quantitative estimate of drug-likeness (QED) is 0.800. The first-order chi connectivity index (χ1) is 13.0. The molecule has 2 N–H and O–H groups in total. The zero-order valence-electron chi connectivity index (χ0n) is 14.4. The van der Waals surface area contributed by atoms with Gasteiger partial charge in [0, 0.05) is 24.1 Å². The maximum absolute atomic E-state index is 13.3. The van der Waals surface area contributed by atoms with Gasteiger partial charge in [-0.1, -0.05) is 29.3 Å². The molecule has 3 rings (SSSR count). The number of hydrogen-bond acceptors (Lipinski definition) is 3. The van der Waals surface area contributed by atoms with E-state index in [0.29, 0.717) is 22.2 Å². The molecule has 2 unspecified atom stereocenters. The highest BCUT2D eigenvalue weighted by Crippen LogP contribution is 2.30. The second-order valence-corrected chi connectivity index (χ2v) is 7.28. The summed E-state index contributed by atoms with van der Waals surface area (Å²) in [6.07, 6.45) is 0.734. The molecule has 140 valence electrons. The van der Waals surface area contributed by atoms with Gasteiger partial charge in [-0.2, -0.15) is 5.26 Å². The van der Waals surface area contributed by atoms with Crippen LogP contribution in [0.15, 0.2) is 36.4 Å². The molecule has 1 aliphatic heterocycles. The number of piperidine rings is 1. The molecular weight excluding hydrogens is 388 g/mol. The van der Waals surface area contributed by atoms with Gasteiger partial charge in [0.2, 0.25) is 0 Å². The lowest BCUT2D eigenvalue weighted by molar-refractivity contribution is 0.0921. The lowest BCUT2D eigenvalue weighted by Crippen LogP contribution is -2.48.